The predicted molar refractivity (Wildman–Crippen MR) is 83.7 cm³/mol. The second-order valence-corrected chi connectivity index (χ2v) is 6.90. The third kappa shape index (κ3) is 2.92. The average molecular weight is 422 g/mol. The SMILES string of the molecule is CC(C)(c1c(F)cc(O)cc1Br)c1c(F)cc(O)cc1Br. The molecule has 2 aromatic rings. The van der Waals surface area contributed by atoms with E-state index in [0.717, 1.165) is 12.1 Å². The van der Waals surface area contributed by atoms with Gasteiger partial charge in [0.15, 0.2) is 0 Å². The average Bonchev–Trinajstić information content (AvgIpc) is 2.23. The van der Waals surface area contributed by atoms with Gasteiger partial charge in [-0.25, -0.2) is 8.78 Å². The van der Waals surface area contributed by atoms with E-state index in [1.54, 1.807) is 13.8 Å². The smallest absolute Gasteiger partial charge is 0.132 e. The zero-order valence-electron chi connectivity index (χ0n) is 11.2. The van der Waals surface area contributed by atoms with Crippen molar-refractivity contribution in [3.8, 4) is 11.5 Å². The van der Waals surface area contributed by atoms with Crippen LogP contribution in [-0.2, 0) is 5.41 Å². The van der Waals surface area contributed by atoms with Crippen molar-refractivity contribution in [1.29, 1.82) is 0 Å². The van der Waals surface area contributed by atoms with Crippen molar-refractivity contribution >= 4 is 31.9 Å². The molecule has 6 heteroatoms. The molecule has 2 nitrogen and oxygen atoms in total. The molecule has 21 heavy (non-hydrogen) atoms. The van der Waals surface area contributed by atoms with E-state index < -0.39 is 17.0 Å². The van der Waals surface area contributed by atoms with E-state index in [-0.39, 0.29) is 22.6 Å². The van der Waals surface area contributed by atoms with E-state index >= 15 is 0 Å². The maximum Gasteiger partial charge on any atom is 0.132 e. The van der Waals surface area contributed by atoms with E-state index in [1.165, 1.54) is 12.1 Å². The highest BCUT2D eigenvalue weighted by molar-refractivity contribution is 9.10. The number of halogens is 4. The van der Waals surface area contributed by atoms with Crippen LogP contribution in [0.2, 0.25) is 0 Å². The highest BCUT2D eigenvalue weighted by atomic mass is 79.9. The Morgan fingerprint density at radius 1 is 0.810 bits per heavy atom. The molecule has 0 saturated heterocycles. The molecule has 0 aliphatic rings. The molecule has 0 aliphatic carbocycles. The first kappa shape index (κ1) is 16.2. The Balaban J connectivity index is 2.74. The van der Waals surface area contributed by atoms with Gasteiger partial charge in [0.2, 0.25) is 0 Å². The summed E-state index contributed by atoms with van der Waals surface area (Å²) in [6.07, 6.45) is 0. The molecule has 0 atom stereocenters. The lowest BCUT2D eigenvalue weighted by molar-refractivity contribution is 0.455. The molecule has 0 radical (unpaired) electrons. The van der Waals surface area contributed by atoms with Crippen LogP contribution < -0.4 is 0 Å². The molecule has 2 aromatic carbocycles. The molecule has 0 spiro atoms. The third-order valence-corrected chi connectivity index (χ3v) is 4.55. The van der Waals surface area contributed by atoms with Crippen LogP contribution in [0.3, 0.4) is 0 Å². The molecule has 0 fully saturated rings. The molecule has 0 amide bonds. The van der Waals surface area contributed by atoms with Crippen LogP contribution >= 0.6 is 31.9 Å². The Morgan fingerprint density at radius 2 is 1.14 bits per heavy atom. The maximum absolute atomic E-state index is 14.3. The predicted octanol–water partition coefficient (Wildman–Crippen LogP) is 5.23. The molecule has 0 heterocycles. The van der Waals surface area contributed by atoms with E-state index in [0.29, 0.717) is 8.95 Å². The van der Waals surface area contributed by atoms with Crippen LogP contribution in [0.4, 0.5) is 8.78 Å². The molecule has 112 valence electrons. The normalized spacial score (nSPS) is 11.7. The summed E-state index contributed by atoms with van der Waals surface area (Å²) in [6, 6.07) is 4.67. The van der Waals surface area contributed by atoms with Crippen LogP contribution in [-0.4, -0.2) is 10.2 Å². The van der Waals surface area contributed by atoms with Gasteiger partial charge in [-0.3, -0.25) is 0 Å². The van der Waals surface area contributed by atoms with Gasteiger partial charge in [-0.2, -0.15) is 0 Å². The van der Waals surface area contributed by atoms with Crippen molar-refractivity contribution in [3.05, 3.63) is 56.0 Å². The Labute approximate surface area is 137 Å². The minimum absolute atomic E-state index is 0.214. The largest absolute Gasteiger partial charge is 0.508 e. The molecule has 2 rings (SSSR count). The first-order valence-electron chi connectivity index (χ1n) is 6.01. The lowest BCUT2D eigenvalue weighted by Crippen LogP contribution is -2.23. The zero-order valence-corrected chi connectivity index (χ0v) is 14.4. The minimum Gasteiger partial charge on any atom is -0.508 e. The Hall–Kier alpha value is -1.14. The first-order valence-corrected chi connectivity index (χ1v) is 7.60. The van der Waals surface area contributed by atoms with Gasteiger partial charge >= 0.3 is 0 Å². The van der Waals surface area contributed by atoms with E-state index in [4.69, 9.17) is 0 Å². The van der Waals surface area contributed by atoms with Gasteiger partial charge < -0.3 is 10.2 Å². The fourth-order valence-electron chi connectivity index (χ4n) is 2.44. The summed E-state index contributed by atoms with van der Waals surface area (Å²) in [5.41, 5.74) is -0.607. The topological polar surface area (TPSA) is 40.5 Å². The Morgan fingerprint density at radius 3 is 1.43 bits per heavy atom. The first-order chi connectivity index (χ1) is 9.64. The lowest BCUT2D eigenvalue weighted by Gasteiger charge is -2.29. The summed E-state index contributed by atoms with van der Waals surface area (Å²) in [5, 5.41) is 18.8. The number of hydrogen-bond donors (Lipinski definition) is 2. The van der Waals surface area contributed by atoms with Crippen LogP contribution in [0, 0.1) is 11.6 Å². The van der Waals surface area contributed by atoms with Gasteiger partial charge in [0.25, 0.3) is 0 Å². The van der Waals surface area contributed by atoms with Crippen molar-refractivity contribution in [2.75, 3.05) is 0 Å². The van der Waals surface area contributed by atoms with Crippen molar-refractivity contribution in [2.24, 2.45) is 0 Å². The molecule has 0 bridgehead atoms. The van der Waals surface area contributed by atoms with Crippen LogP contribution in [0.1, 0.15) is 25.0 Å². The van der Waals surface area contributed by atoms with Gasteiger partial charge in [0.05, 0.1) is 0 Å². The summed E-state index contributed by atoms with van der Waals surface area (Å²) in [4.78, 5) is 0. The van der Waals surface area contributed by atoms with Crippen molar-refractivity contribution in [2.45, 2.75) is 19.3 Å². The number of phenolic OH excluding ortho intramolecular Hbond substituents is 2. The van der Waals surface area contributed by atoms with Gasteiger partial charge in [0, 0.05) is 37.6 Å². The lowest BCUT2D eigenvalue weighted by atomic mass is 9.77. The molecule has 0 aromatic heterocycles. The zero-order chi connectivity index (χ0) is 15.9. The Bertz CT molecular complexity index is 609. The summed E-state index contributed by atoms with van der Waals surface area (Å²) < 4.78 is 29.2. The summed E-state index contributed by atoms with van der Waals surface area (Å²) in [5.74, 6) is -1.73. The molecule has 2 N–H and O–H groups in total. The van der Waals surface area contributed by atoms with Crippen LogP contribution in [0.5, 0.6) is 11.5 Å². The molecular formula is C15H12Br2F2O2. The van der Waals surface area contributed by atoms with Gasteiger partial charge in [0.1, 0.15) is 23.1 Å². The fourth-order valence-corrected chi connectivity index (χ4v) is 4.28. The minimum atomic E-state index is -1.03. The molecular weight excluding hydrogens is 410 g/mol. The van der Waals surface area contributed by atoms with Crippen molar-refractivity contribution in [1.82, 2.24) is 0 Å². The number of aromatic hydroxyl groups is 2. The molecule has 0 aliphatic heterocycles. The van der Waals surface area contributed by atoms with Gasteiger partial charge in [-0.15, -0.1) is 0 Å². The van der Waals surface area contributed by atoms with Crippen molar-refractivity contribution in [3.63, 3.8) is 0 Å². The van der Waals surface area contributed by atoms with E-state index in [2.05, 4.69) is 31.9 Å². The number of rotatable bonds is 2. The number of hydrogen-bond acceptors (Lipinski definition) is 2. The Kier molecular flexibility index (Phi) is 4.31. The number of phenols is 2. The highest BCUT2D eigenvalue weighted by Crippen LogP contribution is 2.43. The van der Waals surface area contributed by atoms with Crippen LogP contribution in [0.15, 0.2) is 33.2 Å². The van der Waals surface area contributed by atoms with Gasteiger partial charge in [-0.1, -0.05) is 45.7 Å². The number of benzene rings is 2. The summed E-state index contributed by atoms with van der Waals surface area (Å²) in [6.45, 7) is 3.32. The quantitative estimate of drug-likeness (QED) is 0.697. The summed E-state index contributed by atoms with van der Waals surface area (Å²) >= 11 is 6.41. The van der Waals surface area contributed by atoms with E-state index in [9.17, 15) is 19.0 Å². The molecule has 0 unspecified atom stereocenters. The van der Waals surface area contributed by atoms with Gasteiger partial charge in [-0.05, 0) is 12.1 Å². The second kappa shape index (κ2) is 5.57. The maximum atomic E-state index is 14.3. The monoisotopic (exact) mass is 420 g/mol. The summed E-state index contributed by atoms with van der Waals surface area (Å²) in [7, 11) is 0. The fraction of sp³-hybridized carbons (Fsp3) is 0.200. The van der Waals surface area contributed by atoms with E-state index in [1.807, 2.05) is 0 Å². The third-order valence-electron chi connectivity index (χ3n) is 3.30. The molecule has 0 saturated carbocycles. The van der Waals surface area contributed by atoms with Crippen LogP contribution in [0.25, 0.3) is 0 Å². The standard InChI is InChI=1S/C15H12Br2F2O2/c1-15(2,13-9(16)3-7(20)5-11(13)18)14-10(17)4-8(21)6-12(14)19/h3-6,20-21H,1-2H3. The second-order valence-electron chi connectivity index (χ2n) is 5.19. The highest BCUT2D eigenvalue weighted by Gasteiger charge is 2.33. The van der Waals surface area contributed by atoms with Crippen molar-refractivity contribution < 1.29 is 19.0 Å².